The van der Waals surface area contributed by atoms with Crippen LogP contribution in [-0.2, 0) is 0 Å². The molecule has 1 aromatic carbocycles. The van der Waals surface area contributed by atoms with Gasteiger partial charge in [-0.3, -0.25) is 0 Å². The molecule has 0 saturated heterocycles. The number of ether oxygens (including phenoxy) is 1. The lowest BCUT2D eigenvalue weighted by Gasteiger charge is -2.11. The van der Waals surface area contributed by atoms with E-state index in [0.717, 1.165) is 17.0 Å². The van der Waals surface area contributed by atoms with Gasteiger partial charge in [0.2, 0.25) is 0 Å². The van der Waals surface area contributed by atoms with Crippen molar-refractivity contribution in [3.63, 3.8) is 0 Å². The van der Waals surface area contributed by atoms with Crippen LogP contribution in [0.15, 0.2) is 36.4 Å². The summed E-state index contributed by atoms with van der Waals surface area (Å²) in [4.78, 5) is 4.46. The minimum Gasteiger partial charge on any atom is -0.493 e. The highest BCUT2D eigenvalue weighted by Crippen LogP contribution is 2.29. The van der Waals surface area contributed by atoms with Crippen LogP contribution in [0.2, 0.25) is 0 Å². The van der Waals surface area contributed by atoms with Gasteiger partial charge >= 0.3 is 0 Å². The average Bonchev–Trinajstić information content (AvgIpc) is 2.47. The van der Waals surface area contributed by atoms with Crippen LogP contribution in [0.25, 0.3) is 11.3 Å². The lowest BCUT2D eigenvalue weighted by Crippen LogP contribution is -1.99. The van der Waals surface area contributed by atoms with Crippen molar-refractivity contribution in [1.29, 1.82) is 5.26 Å². The first-order chi connectivity index (χ1) is 9.30. The zero-order valence-corrected chi connectivity index (χ0v) is 11.0. The Bertz CT molecular complexity index is 617. The van der Waals surface area contributed by atoms with E-state index in [9.17, 15) is 0 Å². The van der Waals surface area contributed by atoms with Gasteiger partial charge in [-0.05, 0) is 31.2 Å². The minimum absolute atomic E-state index is 0.528. The van der Waals surface area contributed by atoms with Gasteiger partial charge in [-0.2, -0.15) is 5.26 Å². The monoisotopic (exact) mass is 253 g/mol. The molecule has 4 heteroatoms. The Balaban J connectivity index is 2.51. The van der Waals surface area contributed by atoms with Gasteiger partial charge in [0, 0.05) is 12.6 Å². The van der Waals surface area contributed by atoms with E-state index in [1.165, 1.54) is 0 Å². The standard InChI is InChI=1S/C15H15N3O/c1-3-19-14-7-5-4-6-12(14)13-9-8-11(10-16)15(17-2)18-13/h4-9H,3H2,1-2H3,(H,17,18). The fourth-order valence-corrected chi connectivity index (χ4v) is 1.85. The summed E-state index contributed by atoms with van der Waals surface area (Å²) in [5.74, 6) is 1.37. The molecule has 0 aliphatic rings. The van der Waals surface area contributed by atoms with Crippen LogP contribution >= 0.6 is 0 Å². The number of hydrogen-bond donors (Lipinski definition) is 1. The van der Waals surface area contributed by atoms with Gasteiger partial charge in [-0.25, -0.2) is 4.98 Å². The number of rotatable bonds is 4. The van der Waals surface area contributed by atoms with Gasteiger partial charge in [0.15, 0.2) is 0 Å². The Kier molecular flexibility index (Phi) is 3.99. The molecular weight excluding hydrogens is 238 g/mol. The molecule has 0 atom stereocenters. The van der Waals surface area contributed by atoms with Crippen molar-refractivity contribution in [1.82, 2.24) is 4.98 Å². The number of benzene rings is 1. The van der Waals surface area contributed by atoms with E-state index in [1.807, 2.05) is 37.3 Å². The first-order valence-electron chi connectivity index (χ1n) is 6.11. The molecule has 19 heavy (non-hydrogen) atoms. The zero-order valence-electron chi connectivity index (χ0n) is 11.0. The topological polar surface area (TPSA) is 57.9 Å². The lowest BCUT2D eigenvalue weighted by molar-refractivity contribution is 0.341. The Morgan fingerprint density at radius 1 is 1.26 bits per heavy atom. The van der Waals surface area contributed by atoms with Gasteiger partial charge in [0.1, 0.15) is 17.6 Å². The summed E-state index contributed by atoms with van der Waals surface area (Å²) in [5, 5.41) is 11.9. The van der Waals surface area contributed by atoms with Crippen LogP contribution in [0.1, 0.15) is 12.5 Å². The van der Waals surface area contributed by atoms with Gasteiger partial charge in [-0.15, -0.1) is 0 Å². The number of nitrogens with zero attached hydrogens (tertiary/aromatic N) is 2. The second-order valence-corrected chi connectivity index (χ2v) is 3.88. The van der Waals surface area contributed by atoms with Crippen molar-refractivity contribution in [2.75, 3.05) is 19.0 Å². The molecule has 0 saturated carbocycles. The predicted octanol–water partition coefficient (Wildman–Crippen LogP) is 3.06. The van der Waals surface area contributed by atoms with Crippen LogP contribution in [-0.4, -0.2) is 18.6 Å². The van der Waals surface area contributed by atoms with Crippen molar-refractivity contribution in [2.45, 2.75) is 6.92 Å². The molecule has 2 rings (SSSR count). The molecule has 0 spiro atoms. The summed E-state index contributed by atoms with van der Waals surface area (Å²) in [6.07, 6.45) is 0. The molecule has 4 nitrogen and oxygen atoms in total. The maximum atomic E-state index is 9.00. The van der Waals surface area contributed by atoms with Crippen molar-refractivity contribution >= 4 is 5.82 Å². The Morgan fingerprint density at radius 2 is 2.05 bits per heavy atom. The molecule has 0 aliphatic heterocycles. The highest BCUT2D eigenvalue weighted by molar-refractivity contribution is 5.70. The van der Waals surface area contributed by atoms with Crippen molar-refractivity contribution in [3.05, 3.63) is 42.0 Å². The summed E-state index contributed by atoms with van der Waals surface area (Å²) >= 11 is 0. The first-order valence-corrected chi connectivity index (χ1v) is 6.11. The summed E-state index contributed by atoms with van der Waals surface area (Å²) in [7, 11) is 1.75. The molecule has 2 aromatic rings. The molecule has 96 valence electrons. The predicted molar refractivity (Wildman–Crippen MR) is 75.1 cm³/mol. The fourth-order valence-electron chi connectivity index (χ4n) is 1.85. The number of anilines is 1. The summed E-state index contributed by atoms with van der Waals surface area (Å²) in [6, 6.07) is 13.4. The molecule has 0 bridgehead atoms. The molecule has 1 heterocycles. The number of aromatic nitrogens is 1. The fraction of sp³-hybridized carbons (Fsp3) is 0.200. The molecule has 0 amide bonds. The smallest absolute Gasteiger partial charge is 0.144 e. The number of hydrogen-bond acceptors (Lipinski definition) is 4. The van der Waals surface area contributed by atoms with Gasteiger partial charge in [0.25, 0.3) is 0 Å². The summed E-state index contributed by atoms with van der Waals surface area (Å²) in [6.45, 7) is 2.55. The van der Waals surface area contributed by atoms with E-state index in [1.54, 1.807) is 13.1 Å². The largest absolute Gasteiger partial charge is 0.493 e. The number of nitriles is 1. The van der Waals surface area contributed by atoms with Crippen LogP contribution in [0.5, 0.6) is 5.75 Å². The molecule has 0 aliphatic carbocycles. The third-order valence-electron chi connectivity index (χ3n) is 2.72. The number of pyridine rings is 1. The Labute approximate surface area is 112 Å². The Hall–Kier alpha value is -2.54. The quantitative estimate of drug-likeness (QED) is 0.909. The minimum atomic E-state index is 0.528. The van der Waals surface area contributed by atoms with E-state index in [2.05, 4.69) is 16.4 Å². The SMILES string of the molecule is CCOc1ccccc1-c1ccc(C#N)c(NC)n1. The first kappa shape index (κ1) is 12.9. The average molecular weight is 253 g/mol. The van der Waals surface area contributed by atoms with E-state index < -0.39 is 0 Å². The van der Waals surface area contributed by atoms with Crippen molar-refractivity contribution in [3.8, 4) is 23.1 Å². The highest BCUT2D eigenvalue weighted by Gasteiger charge is 2.09. The lowest BCUT2D eigenvalue weighted by atomic mass is 10.1. The van der Waals surface area contributed by atoms with Crippen LogP contribution in [0.4, 0.5) is 5.82 Å². The second kappa shape index (κ2) is 5.87. The van der Waals surface area contributed by atoms with Crippen molar-refractivity contribution in [2.24, 2.45) is 0 Å². The second-order valence-electron chi connectivity index (χ2n) is 3.88. The molecule has 0 radical (unpaired) electrons. The van der Waals surface area contributed by atoms with E-state index >= 15 is 0 Å². The Morgan fingerprint density at radius 3 is 2.74 bits per heavy atom. The van der Waals surface area contributed by atoms with Crippen LogP contribution in [0, 0.1) is 11.3 Å². The van der Waals surface area contributed by atoms with E-state index in [0.29, 0.717) is 18.0 Å². The third kappa shape index (κ3) is 2.66. The molecule has 1 N–H and O–H groups in total. The van der Waals surface area contributed by atoms with Crippen LogP contribution < -0.4 is 10.1 Å². The summed E-state index contributed by atoms with van der Waals surface area (Å²) in [5.41, 5.74) is 2.23. The highest BCUT2D eigenvalue weighted by atomic mass is 16.5. The number of para-hydroxylation sites is 1. The third-order valence-corrected chi connectivity index (χ3v) is 2.72. The number of nitrogens with one attached hydrogen (secondary N) is 1. The van der Waals surface area contributed by atoms with Gasteiger partial charge in [-0.1, -0.05) is 12.1 Å². The van der Waals surface area contributed by atoms with Crippen molar-refractivity contribution < 1.29 is 4.74 Å². The maximum Gasteiger partial charge on any atom is 0.144 e. The van der Waals surface area contributed by atoms with Crippen LogP contribution in [0.3, 0.4) is 0 Å². The normalized spacial score (nSPS) is 9.74. The van der Waals surface area contributed by atoms with E-state index in [-0.39, 0.29) is 0 Å². The maximum absolute atomic E-state index is 9.00. The molecule has 0 fully saturated rings. The summed E-state index contributed by atoms with van der Waals surface area (Å²) < 4.78 is 5.60. The van der Waals surface area contributed by atoms with E-state index in [4.69, 9.17) is 10.00 Å². The van der Waals surface area contributed by atoms with Gasteiger partial charge in [0.05, 0.1) is 17.9 Å². The molecular formula is C15H15N3O. The zero-order chi connectivity index (χ0) is 13.7. The molecule has 0 unspecified atom stereocenters. The van der Waals surface area contributed by atoms with Gasteiger partial charge < -0.3 is 10.1 Å². The molecule has 1 aromatic heterocycles.